The summed E-state index contributed by atoms with van der Waals surface area (Å²) in [5.41, 5.74) is 4.83. The van der Waals surface area contributed by atoms with Gasteiger partial charge in [0.05, 0.1) is 24.5 Å². The van der Waals surface area contributed by atoms with Gasteiger partial charge < -0.3 is 14.6 Å². The predicted molar refractivity (Wildman–Crippen MR) is 84.2 cm³/mol. The lowest BCUT2D eigenvalue weighted by molar-refractivity contribution is 0.414. The first-order valence-corrected chi connectivity index (χ1v) is 7.04. The number of ether oxygens (including phenoxy) is 1. The molecule has 1 aromatic heterocycles. The second kappa shape index (κ2) is 4.70. The van der Waals surface area contributed by atoms with Crippen LogP contribution >= 0.6 is 0 Å². The number of hydrogen-bond acceptors (Lipinski definition) is 2. The summed E-state index contributed by atoms with van der Waals surface area (Å²) in [6.45, 7) is 0. The average molecular weight is 276 g/mol. The third-order valence-electron chi connectivity index (χ3n) is 3.99. The van der Waals surface area contributed by atoms with E-state index in [1.54, 1.807) is 7.11 Å². The number of benzene rings is 2. The molecule has 0 fully saturated rings. The number of methoxy groups -OCH3 is 1. The highest BCUT2D eigenvalue weighted by atomic mass is 16.5. The van der Waals surface area contributed by atoms with E-state index in [1.807, 2.05) is 12.1 Å². The molecule has 21 heavy (non-hydrogen) atoms. The molecule has 0 bridgehead atoms. The summed E-state index contributed by atoms with van der Waals surface area (Å²) in [5.74, 6) is 0.880. The van der Waals surface area contributed by atoms with Gasteiger partial charge in [-0.05, 0) is 42.0 Å². The smallest absolute Gasteiger partial charge is 0.118 e. The third-order valence-corrected chi connectivity index (χ3v) is 3.99. The summed E-state index contributed by atoms with van der Waals surface area (Å²) in [7, 11) is 1.69. The lowest BCUT2D eigenvalue weighted by Gasteiger charge is -2.29. The Hall–Kier alpha value is -2.68. The van der Waals surface area contributed by atoms with Crippen molar-refractivity contribution in [3.63, 3.8) is 0 Å². The first kappa shape index (κ1) is 12.1. The van der Waals surface area contributed by atoms with Crippen LogP contribution in [-0.4, -0.2) is 11.7 Å². The highest BCUT2D eigenvalue weighted by molar-refractivity contribution is 5.66. The van der Waals surface area contributed by atoms with Gasteiger partial charge in [0, 0.05) is 11.9 Å². The molecule has 0 amide bonds. The zero-order valence-electron chi connectivity index (χ0n) is 11.8. The largest absolute Gasteiger partial charge is 0.497 e. The molecule has 1 aliphatic heterocycles. The summed E-state index contributed by atoms with van der Waals surface area (Å²) < 4.78 is 7.49. The van der Waals surface area contributed by atoms with E-state index in [9.17, 15) is 0 Å². The maximum atomic E-state index is 5.24. The molecule has 0 spiro atoms. The van der Waals surface area contributed by atoms with Gasteiger partial charge in [-0.2, -0.15) is 0 Å². The number of aromatic nitrogens is 1. The van der Waals surface area contributed by atoms with E-state index in [0.29, 0.717) is 0 Å². The Balaban J connectivity index is 1.81. The molecule has 0 saturated heterocycles. The summed E-state index contributed by atoms with van der Waals surface area (Å²) in [4.78, 5) is 0. The van der Waals surface area contributed by atoms with Crippen molar-refractivity contribution in [3.05, 3.63) is 78.1 Å². The van der Waals surface area contributed by atoms with Crippen LogP contribution in [0.25, 0.3) is 5.69 Å². The Labute approximate surface area is 123 Å². The van der Waals surface area contributed by atoms with Gasteiger partial charge in [-0.1, -0.05) is 24.3 Å². The van der Waals surface area contributed by atoms with Crippen LogP contribution in [0.3, 0.4) is 0 Å². The highest BCUT2D eigenvalue weighted by Gasteiger charge is 2.24. The van der Waals surface area contributed by atoms with E-state index in [2.05, 4.69) is 64.6 Å². The van der Waals surface area contributed by atoms with Gasteiger partial charge in [-0.25, -0.2) is 0 Å². The van der Waals surface area contributed by atoms with Crippen molar-refractivity contribution in [3.8, 4) is 11.4 Å². The molecule has 3 nitrogen and oxygen atoms in total. The second-order valence-electron chi connectivity index (χ2n) is 5.17. The Morgan fingerprint density at radius 3 is 2.57 bits per heavy atom. The van der Waals surface area contributed by atoms with E-state index in [1.165, 1.54) is 16.9 Å². The minimum absolute atomic E-state index is 0.154. The Morgan fingerprint density at radius 2 is 1.76 bits per heavy atom. The fraction of sp³-hybridized carbons (Fsp3) is 0.111. The molecule has 1 N–H and O–H groups in total. The summed E-state index contributed by atoms with van der Waals surface area (Å²) in [6.07, 6.45) is 2.12. The Morgan fingerprint density at radius 1 is 0.952 bits per heavy atom. The molecule has 1 aliphatic rings. The number of nitrogens with one attached hydrogen (secondary N) is 1. The zero-order chi connectivity index (χ0) is 14.2. The van der Waals surface area contributed by atoms with E-state index in [0.717, 1.165) is 11.4 Å². The van der Waals surface area contributed by atoms with Crippen molar-refractivity contribution in [2.45, 2.75) is 6.04 Å². The van der Waals surface area contributed by atoms with Gasteiger partial charge in [0.25, 0.3) is 0 Å². The lowest BCUT2D eigenvalue weighted by Crippen LogP contribution is -2.21. The lowest BCUT2D eigenvalue weighted by atomic mass is 10.0. The topological polar surface area (TPSA) is 26.2 Å². The van der Waals surface area contributed by atoms with Gasteiger partial charge in [-0.15, -0.1) is 0 Å². The van der Waals surface area contributed by atoms with Gasteiger partial charge in [0.15, 0.2) is 0 Å². The van der Waals surface area contributed by atoms with Crippen molar-refractivity contribution >= 4 is 5.69 Å². The van der Waals surface area contributed by atoms with Crippen LogP contribution in [0.1, 0.15) is 17.3 Å². The second-order valence-corrected chi connectivity index (χ2v) is 5.17. The number of rotatable bonds is 2. The molecule has 3 heteroatoms. The highest BCUT2D eigenvalue weighted by Crippen LogP contribution is 2.37. The van der Waals surface area contributed by atoms with Gasteiger partial charge in [0.1, 0.15) is 5.75 Å². The van der Waals surface area contributed by atoms with Crippen molar-refractivity contribution in [2.24, 2.45) is 0 Å². The van der Waals surface area contributed by atoms with Crippen LogP contribution in [0.5, 0.6) is 5.75 Å². The Kier molecular flexibility index (Phi) is 2.71. The maximum Gasteiger partial charge on any atom is 0.118 e. The van der Waals surface area contributed by atoms with Crippen LogP contribution in [0.4, 0.5) is 5.69 Å². The third kappa shape index (κ3) is 1.89. The molecule has 0 saturated carbocycles. The van der Waals surface area contributed by atoms with Crippen molar-refractivity contribution in [2.75, 3.05) is 12.4 Å². The summed E-state index contributed by atoms with van der Waals surface area (Å²) >= 11 is 0. The van der Waals surface area contributed by atoms with Crippen molar-refractivity contribution in [1.82, 2.24) is 4.57 Å². The van der Waals surface area contributed by atoms with Crippen LogP contribution in [-0.2, 0) is 0 Å². The molecular formula is C18H16N2O. The van der Waals surface area contributed by atoms with E-state index >= 15 is 0 Å². The predicted octanol–water partition coefficient (Wildman–Crippen LogP) is 4.00. The molecule has 104 valence electrons. The maximum absolute atomic E-state index is 5.24. The zero-order valence-corrected chi connectivity index (χ0v) is 11.8. The van der Waals surface area contributed by atoms with E-state index in [-0.39, 0.29) is 6.04 Å². The number of anilines is 1. The normalized spacial score (nSPS) is 15.8. The minimum atomic E-state index is 0.154. The Bertz CT molecular complexity index is 774. The first-order valence-electron chi connectivity index (χ1n) is 7.04. The molecule has 0 aliphatic carbocycles. The number of fused-ring (bicyclic) bond motifs is 3. The van der Waals surface area contributed by atoms with Gasteiger partial charge in [-0.3, -0.25) is 0 Å². The number of para-hydroxylation sites is 2. The summed E-state index contributed by atoms with van der Waals surface area (Å²) in [5, 5.41) is 3.63. The molecule has 2 aromatic carbocycles. The fourth-order valence-electron chi connectivity index (χ4n) is 2.93. The SMILES string of the molecule is COc1ccc(C2Nc3ccccc3-n3cccc32)cc1. The van der Waals surface area contributed by atoms with E-state index < -0.39 is 0 Å². The average Bonchev–Trinajstić information content (AvgIpc) is 3.04. The molecule has 4 rings (SSSR count). The van der Waals surface area contributed by atoms with Gasteiger partial charge in [0.2, 0.25) is 0 Å². The molecule has 0 radical (unpaired) electrons. The standard InChI is InChI=1S/C18H16N2O/c1-21-14-10-8-13(9-11-14)18-17-7-4-12-20(17)16-6-3-2-5-15(16)19-18/h2-12,18-19H,1H3. The monoisotopic (exact) mass is 276 g/mol. The van der Waals surface area contributed by atoms with Crippen molar-refractivity contribution < 1.29 is 4.74 Å². The van der Waals surface area contributed by atoms with Crippen molar-refractivity contribution in [1.29, 1.82) is 0 Å². The first-order chi connectivity index (χ1) is 10.4. The minimum Gasteiger partial charge on any atom is -0.497 e. The molecular weight excluding hydrogens is 260 g/mol. The molecule has 1 atom stereocenters. The molecule has 1 unspecified atom stereocenters. The van der Waals surface area contributed by atoms with Crippen LogP contribution in [0.15, 0.2) is 66.9 Å². The summed E-state index contributed by atoms with van der Waals surface area (Å²) in [6, 6.07) is 21.0. The number of hydrogen-bond donors (Lipinski definition) is 1. The fourth-order valence-corrected chi connectivity index (χ4v) is 2.93. The molecule has 3 aromatic rings. The number of nitrogens with zero attached hydrogens (tertiary/aromatic N) is 1. The van der Waals surface area contributed by atoms with Crippen LogP contribution < -0.4 is 10.1 Å². The quantitative estimate of drug-likeness (QED) is 0.765. The van der Waals surface area contributed by atoms with E-state index in [4.69, 9.17) is 4.74 Å². The van der Waals surface area contributed by atoms with Gasteiger partial charge >= 0.3 is 0 Å². The van der Waals surface area contributed by atoms with Crippen LogP contribution in [0.2, 0.25) is 0 Å². The van der Waals surface area contributed by atoms with Crippen LogP contribution in [0, 0.1) is 0 Å². The molecule has 2 heterocycles.